The first-order chi connectivity index (χ1) is 9.92. The Bertz CT molecular complexity index is 736. The SMILES string of the molecule is CNCc1ccc(S(=O)(=O)Nc2ccc(Cl)c(Br)c2)nc1. The van der Waals surface area contributed by atoms with E-state index in [2.05, 4.69) is 31.0 Å². The van der Waals surface area contributed by atoms with Gasteiger partial charge in [-0.3, -0.25) is 4.72 Å². The number of pyridine rings is 1. The van der Waals surface area contributed by atoms with Crippen LogP contribution in [0.25, 0.3) is 0 Å². The molecule has 0 unspecified atom stereocenters. The van der Waals surface area contributed by atoms with Crippen LogP contribution in [-0.2, 0) is 16.6 Å². The highest BCUT2D eigenvalue weighted by Crippen LogP contribution is 2.26. The average molecular weight is 391 g/mol. The molecule has 21 heavy (non-hydrogen) atoms. The number of benzene rings is 1. The van der Waals surface area contributed by atoms with Crippen molar-refractivity contribution < 1.29 is 8.42 Å². The van der Waals surface area contributed by atoms with Crippen LogP contribution in [0.1, 0.15) is 5.56 Å². The lowest BCUT2D eigenvalue weighted by molar-refractivity contribution is 0.597. The van der Waals surface area contributed by atoms with Crippen molar-refractivity contribution in [2.75, 3.05) is 11.8 Å². The van der Waals surface area contributed by atoms with E-state index in [4.69, 9.17) is 11.6 Å². The van der Waals surface area contributed by atoms with Crippen molar-refractivity contribution in [3.05, 3.63) is 51.6 Å². The molecule has 2 aromatic rings. The highest BCUT2D eigenvalue weighted by atomic mass is 79.9. The third-order valence-corrected chi connectivity index (χ3v) is 5.14. The summed E-state index contributed by atoms with van der Waals surface area (Å²) < 4.78 is 27.5. The molecule has 1 heterocycles. The molecule has 2 rings (SSSR count). The molecule has 0 radical (unpaired) electrons. The van der Waals surface area contributed by atoms with Crippen LogP contribution in [0, 0.1) is 0 Å². The molecule has 5 nitrogen and oxygen atoms in total. The van der Waals surface area contributed by atoms with E-state index in [9.17, 15) is 8.42 Å². The molecular weight excluding hydrogens is 378 g/mol. The van der Waals surface area contributed by atoms with Gasteiger partial charge in [0.25, 0.3) is 10.0 Å². The normalized spacial score (nSPS) is 11.4. The minimum absolute atomic E-state index is 0.0339. The monoisotopic (exact) mass is 389 g/mol. The van der Waals surface area contributed by atoms with Gasteiger partial charge in [-0.1, -0.05) is 17.7 Å². The standard InChI is InChI=1S/C13H13BrClN3O2S/c1-16-7-9-2-5-13(17-8-9)21(19,20)18-10-3-4-12(15)11(14)6-10/h2-6,8,16,18H,7H2,1H3. The van der Waals surface area contributed by atoms with Gasteiger partial charge < -0.3 is 5.32 Å². The zero-order valence-corrected chi connectivity index (χ0v) is 14.3. The van der Waals surface area contributed by atoms with Crippen LogP contribution >= 0.6 is 27.5 Å². The topological polar surface area (TPSA) is 71.1 Å². The number of nitrogens with one attached hydrogen (secondary N) is 2. The van der Waals surface area contributed by atoms with Crippen LogP contribution < -0.4 is 10.0 Å². The van der Waals surface area contributed by atoms with E-state index in [0.29, 0.717) is 21.7 Å². The molecule has 8 heteroatoms. The fourth-order valence-corrected chi connectivity index (χ4v) is 3.12. The first-order valence-corrected chi connectivity index (χ1v) is 8.65. The Morgan fingerprint density at radius 1 is 1.29 bits per heavy atom. The van der Waals surface area contributed by atoms with Gasteiger partial charge in [-0.2, -0.15) is 8.42 Å². The van der Waals surface area contributed by atoms with Crippen LogP contribution in [0.3, 0.4) is 0 Å². The molecule has 0 saturated heterocycles. The van der Waals surface area contributed by atoms with Crippen LogP contribution in [0.5, 0.6) is 0 Å². The summed E-state index contributed by atoms with van der Waals surface area (Å²) in [7, 11) is -1.91. The molecule has 0 aliphatic rings. The maximum atomic E-state index is 12.2. The van der Waals surface area contributed by atoms with Gasteiger partial charge in [0.05, 0.1) is 10.7 Å². The molecule has 112 valence electrons. The van der Waals surface area contributed by atoms with Gasteiger partial charge in [0.2, 0.25) is 0 Å². The first kappa shape index (κ1) is 16.2. The minimum atomic E-state index is -3.72. The molecule has 1 aromatic heterocycles. The number of nitrogens with zero attached hydrogens (tertiary/aromatic N) is 1. The number of hydrogen-bond donors (Lipinski definition) is 2. The first-order valence-electron chi connectivity index (χ1n) is 6.00. The quantitative estimate of drug-likeness (QED) is 0.823. The van der Waals surface area contributed by atoms with E-state index in [0.717, 1.165) is 5.56 Å². The summed E-state index contributed by atoms with van der Waals surface area (Å²) in [5.74, 6) is 0. The van der Waals surface area contributed by atoms with E-state index < -0.39 is 10.0 Å². The van der Waals surface area contributed by atoms with E-state index in [-0.39, 0.29) is 5.03 Å². The van der Waals surface area contributed by atoms with Gasteiger partial charge in [0.1, 0.15) is 0 Å². The molecule has 0 aliphatic heterocycles. The molecule has 0 bridgehead atoms. The molecular formula is C13H13BrClN3O2S. The van der Waals surface area contributed by atoms with Crippen LogP contribution in [0.15, 0.2) is 46.0 Å². The fourth-order valence-electron chi connectivity index (χ4n) is 1.65. The fraction of sp³-hybridized carbons (Fsp3) is 0.154. The maximum absolute atomic E-state index is 12.2. The van der Waals surface area contributed by atoms with Crippen LogP contribution in [-0.4, -0.2) is 20.4 Å². The summed E-state index contributed by atoms with van der Waals surface area (Å²) in [4.78, 5) is 3.98. The predicted octanol–water partition coefficient (Wildman–Crippen LogP) is 3.02. The van der Waals surface area contributed by atoms with Crippen molar-refractivity contribution in [3.63, 3.8) is 0 Å². The highest BCUT2D eigenvalue weighted by Gasteiger charge is 2.16. The number of rotatable bonds is 5. The summed E-state index contributed by atoms with van der Waals surface area (Å²) in [6.45, 7) is 0.630. The van der Waals surface area contributed by atoms with E-state index in [1.807, 2.05) is 7.05 Å². The lowest BCUT2D eigenvalue weighted by Crippen LogP contribution is -2.15. The summed E-state index contributed by atoms with van der Waals surface area (Å²) in [6.07, 6.45) is 1.53. The third kappa shape index (κ3) is 4.16. The van der Waals surface area contributed by atoms with E-state index in [1.165, 1.54) is 12.3 Å². The van der Waals surface area contributed by atoms with Crippen LogP contribution in [0.4, 0.5) is 5.69 Å². The van der Waals surface area contributed by atoms with Gasteiger partial charge in [-0.15, -0.1) is 0 Å². The Morgan fingerprint density at radius 2 is 2.05 bits per heavy atom. The minimum Gasteiger partial charge on any atom is -0.316 e. The average Bonchev–Trinajstić information content (AvgIpc) is 2.44. The second-order valence-electron chi connectivity index (χ2n) is 4.27. The molecule has 0 fully saturated rings. The number of hydrogen-bond acceptors (Lipinski definition) is 4. The van der Waals surface area contributed by atoms with Gasteiger partial charge in [0.15, 0.2) is 5.03 Å². The van der Waals surface area contributed by atoms with Crippen molar-refractivity contribution in [1.82, 2.24) is 10.3 Å². The Kier molecular flexibility index (Phi) is 5.21. The summed E-state index contributed by atoms with van der Waals surface area (Å²) in [5, 5.41) is 3.44. The molecule has 1 aromatic carbocycles. The molecule has 0 amide bonds. The zero-order valence-electron chi connectivity index (χ0n) is 11.1. The van der Waals surface area contributed by atoms with Gasteiger partial charge in [0, 0.05) is 17.2 Å². The van der Waals surface area contributed by atoms with Gasteiger partial charge in [-0.05, 0) is 52.8 Å². The largest absolute Gasteiger partial charge is 0.316 e. The second-order valence-corrected chi connectivity index (χ2v) is 7.16. The molecule has 0 spiro atoms. The lowest BCUT2D eigenvalue weighted by atomic mass is 10.3. The maximum Gasteiger partial charge on any atom is 0.279 e. The Labute approximate surface area is 136 Å². The van der Waals surface area contributed by atoms with Crippen molar-refractivity contribution in [3.8, 4) is 0 Å². The molecule has 2 N–H and O–H groups in total. The van der Waals surface area contributed by atoms with Gasteiger partial charge >= 0.3 is 0 Å². The predicted molar refractivity (Wildman–Crippen MR) is 87.0 cm³/mol. The molecule has 0 aliphatic carbocycles. The van der Waals surface area contributed by atoms with Gasteiger partial charge in [-0.25, -0.2) is 4.98 Å². The van der Waals surface area contributed by atoms with Crippen LogP contribution in [0.2, 0.25) is 5.02 Å². The lowest BCUT2D eigenvalue weighted by Gasteiger charge is -2.09. The number of halogens is 2. The Balaban J connectivity index is 2.23. The molecule has 0 atom stereocenters. The highest BCUT2D eigenvalue weighted by molar-refractivity contribution is 9.10. The summed E-state index contributed by atoms with van der Waals surface area (Å²) in [6, 6.07) is 7.97. The number of sulfonamides is 1. The molecule has 0 saturated carbocycles. The van der Waals surface area contributed by atoms with Crippen molar-refractivity contribution in [2.45, 2.75) is 11.6 Å². The number of anilines is 1. The van der Waals surface area contributed by atoms with E-state index in [1.54, 1.807) is 24.3 Å². The zero-order chi connectivity index (χ0) is 15.5. The van der Waals surface area contributed by atoms with Crippen molar-refractivity contribution in [1.29, 1.82) is 0 Å². The Morgan fingerprint density at radius 3 is 2.62 bits per heavy atom. The summed E-state index contributed by atoms with van der Waals surface area (Å²) >= 11 is 9.12. The van der Waals surface area contributed by atoms with Crippen molar-refractivity contribution in [2.24, 2.45) is 0 Å². The summed E-state index contributed by atoms with van der Waals surface area (Å²) in [5.41, 5.74) is 1.32. The smallest absolute Gasteiger partial charge is 0.279 e. The third-order valence-electron chi connectivity index (χ3n) is 2.63. The second kappa shape index (κ2) is 6.74. The number of aromatic nitrogens is 1. The van der Waals surface area contributed by atoms with Crippen molar-refractivity contribution >= 4 is 43.2 Å². The van der Waals surface area contributed by atoms with E-state index >= 15 is 0 Å². The Hall–Kier alpha value is -1.15.